The number of cyclic esters (lactones) is 1. The van der Waals surface area contributed by atoms with E-state index in [4.69, 9.17) is 0 Å². The molecule has 1 aliphatic heterocycles. The molecule has 0 aliphatic carbocycles. The van der Waals surface area contributed by atoms with E-state index in [0.717, 1.165) is 0 Å². The first kappa shape index (κ1) is 27.6. The van der Waals surface area contributed by atoms with Crippen LogP contribution in [0.4, 0.5) is 0 Å². The summed E-state index contributed by atoms with van der Waals surface area (Å²) in [4.78, 5) is 61.2. The maximum atomic E-state index is 13.0. The van der Waals surface area contributed by atoms with Crippen molar-refractivity contribution in [2.45, 2.75) is 71.0 Å². The van der Waals surface area contributed by atoms with Crippen molar-refractivity contribution < 1.29 is 38.9 Å². The van der Waals surface area contributed by atoms with Gasteiger partial charge in [-0.25, -0.2) is 0 Å². The number of hydrogen-bond donors (Lipinski definition) is 6. The molecule has 1 aliphatic rings. The summed E-state index contributed by atoms with van der Waals surface area (Å²) in [6.07, 6.45) is -1.53. The Hall–Kier alpha value is -3.67. The zero-order valence-corrected chi connectivity index (χ0v) is 20.0. The van der Waals surface area contributed by atoms with Crippen molar-refractivity contribution in [1.29, 1.82) is 0 Å². The van der Waals surface area contributed by atoms with Gasteiger partial charge in [0.25, 0.3) is 0 Å². The van der Waals surface area contributed by atoms with E-state index >= 15 is 0 Å². The van der Waals surface area contributed by atoms with E-state index in [1.165, 1.54) is 26.0 Å². The third kappa shape index (κ3) is 8.25. The van der Waals surface area contributed by atoms with E-state index in [1.54, 1.807) is 26.0 Å². The molecule has 1 saturated heterocycles. The summed E-state index contributed by atoms with van der Waals surface area (Å²) >= 11 is 0. The average Bonchev–Trinajstić information content (AvgIpc) is 3.08. The molecule has 1 fully saturated rings. The number of phenolic OH excluding ortho intramolecular Hbond substituents is 1. The minimum Gasteiger partial charge on any atom is -0.508 e. The number of carbonyl (C=O) groups is 5. The number of carbonyl (C=O) groups excluding carboxylic acids is 5. The fourth-order valence-corrected chi connectivity index (χ4v) is 3.46. The molecule has 1 aromatic carbocycles. The van der Waals surface area contributed by atoms with Crippen LogP contribution in [0, 0.1) is 5.92 Å². The Morgan fingerprint density at radius 1 is 1.00 bits per heavy atom. The van der Waals surface area contributed by atoms with Crippen LogP contribution in [-0.2, 0) is 35.1 Å². The second-order valence-corrected chi connectivity index (χ2v) is 8.78. The summed E-state index contributed by atoms with van der Waals surface area (Å²) in [5.74, 6) is -3.24. The van der Waals surface area contributed by atoms with Crippen LogP contribution in [0.1, 0.15) is 39.7 Å². The first-order chi connectivity index (χ1) is 16.4. The van der Waals surface area contributed by atoms with E-state index < -0.39 is 60.1 Å². The number of amides is 4. The first-order valence-corrected chi connectivity index (χ1v) is 11.2. The van der Waals surface area contributed by atoms with Gasteiger partial charge in [0.05, 0.1) is 6.42 Å². The molecule has 0 saturated carbocycles. The quantitative estimate of drug-likeness (QED) is 0.221. The van der Waals surface area contributed by atoms with Crippen molar-refractivity contribution in [3.8, 4) is 5.75 Å². The van der Waals surface area contributed by atoms with Crippen LogP contribution in [0.25, 0.3) is 0 Å². The van der Waals surface area contributed by atoms with Crippen molar-refractivity contribution in [3.05, 3.63) is 29.8 Å². The summed E-state index contributed by atoms with van der Waals surface area (Å²) in [7, 11) is 0. The van der Waals surface area contributed by atoms with Gasteiger partial charge < -0.3 is 36.2 Å². The van der Waals surface area contributed by atoms with Crippen molar-refractivity contribution >= 4 is 29.6 Å². The molecule has 1 heterocycles. The molecule has 35 heavy (non-hydrogen) atoms. The SMILES string of the molecule is CC(=O)N[C@@H](Cc1ccc(O)cc1)C(=O)N[C@H](C(=O)N[C@@H](C)C(=O)N[C@H]1CC(=O)OC1O)C(C)C. The molecule has 0 spiro atoms. The van der Waals surface area contributed by atoms with Crippen molar-refractivity contribution in [1.82, 2.24) is 21.3 Å². The predicted molar refractivity (Wildman–Crippen MR) is 122 cm³/mol. The Bertz CT molecular complexity index is 949. The van der Waals surface area contributed by atoms with Gasteiger partial charge in [-0.3, -0.25) is 24.0 Å². The lowest BCUT2D eigenvalue weighted by molar-refractivity contribution is -0.155. The van der Waals surface area contributed by atoms with Crippen molar-refractivity contribution in [2.24, 2.45) is 5.92 Å². The summed E-state index contributed by atoms with van der Waals surface area (Å²) in [6.45, 7) is 6.10. The molecular weight excluding hydrogens is 460 g/mol. The third-order valence-electron chi connectivity index (χ3n) is 5.38. The van der Waals surface area contributed by atoms with E-state index in [1.807, 2.05) is 0 Å². The number of aromatic hydroxyl groups is 1. The van der Waals surface area contributed by atoms with E-state index in [0.29, 0.717) is 5.56 Å². The number of benzene rings is 1. The number of aliphatic hydroxyl groups excluding tert-OH is 1. The molecule has 0 aromatic heterocycles. The Morgan fingerprint density at radius 3 is 2.14 bits per heavy atom. The van der Waals surface area contributed by atoms with Gasteiger partial charge in [-0.2, -0.15) is 0 Å². The lowest BCUT2D eigenvalue weighted by Crippen LogP contribution is -2.58. The molecule has 1 unspecified atom stereocenters. The normalized spacial score (nSPS) is 19.8. The minimum atomic E-state index is -1.46. The molecule has 4 amide bonds. The molecule has 0 bridgehead atoms. The van der Waals surface area contributed by atoms with Crippen LogP contribution >= 0.6 is 0 Å². The largest absolute Gasteiger partial charge is 0.508 e. The number of phenols is 1. The summed E-state index contributed by atoms with van der Waals surface area (Å²) < 4.78 is 4.57. The topological polar surface area (TPSA) is 183 Å². The highest BCUT2D eigenvalue weighted by Gasteiger charge is 2.36. The minimum absolute atomic E-state index is 0.0607. The van der Waals surface area contributed by atoms with Crippen LogP contribution in [-0.4, -0.2) is 70.3 Å². The van der Waals surface area contributed by atoms with Gasteiger partial charge in [0.15, 0.2) is 0 Å². The lowest BCUT2D eigenvalue weighted by atomic mass is 10.0. The van der Waals surface area contributed by atoms with Crippen LogP contribution in [0.2, 0.25) is 0 Å². The second kappa shape index (κ2) is 12.2. The number of esters is 1. The van der Waals surface area contributed by atoms with Gasteiger partial charge >= 0.3 is 5.97 Å². The molecular formula is C23H32N4O8. The van der Waals surface area contributed by atoms with Gasteiger partial charge in [0.1, 0.15) is 29.9 Å². The molecule has 12 heteroatoms. The Balaban J connectivity index is 2.03. The lowest BCUT2D eigenvalue weighted by Gasteiger charge is -2.26. The highest BCUT2D eigenvalue weighted by molar-refractivity contribution is 5.94. The Labute approximate surface area is 202 Å². The van der Waals surface area contributed by atoms with Crippen molar-refractivity contribution in [3.63, 3.8) is 0 Å². The molecule has 2 rings (SSSR count). The number of aliphatic hydroxyl groups is 1. The summed E-state index contributed by atoms with van der Waals surface area (Å²) in [5.41, 5.74) is 0.684. The van der Waals surface area contributed by atoms with Gasteiger partial charge in [0.2, 0.25) is 29.9 Å². The molecule has 1 aromatic rings. The van der Waals surface area contributed by atoms with Crippen LogP contribution in [0.5, 0.6) is 5.75 Å². The van der Waals surface area contributed by atoms with Crippen LogP contribution in [0.3, 0.4) is 0 Å². The second-order valence-electron chi connectivity index (χ2n) is 8.78. The fraction of sp³-hybridized carbons (Fsp3) is 0.522. The molecule has 5 atom stereocenters. The third-order valence-corrected chi connectivity index (χ3v) is 5.38. The molecule has 12 nitrogen and oxygen atoms in total. The Kier molecular flexibility index (Phi) is 9.58. The maximum absolute atomic E-state index is 13.0. The van der Waals surface area contributed by atoms with Gasteiger partial charge in [-0.05, 0) is 30.5 Å². The maximum Gasteiger partial charge on any atom is 0.310 e. The predicted octanol–water partition coefficient (Wildman–Crippen LogP) is -1.16. The van der Waals surface area contributed by atoms with Crippen LogP contribution < -0.4 is 21.3 Å². The smallest absolute Gasteiger partial charge is 0.310 e. The van der Waals surface area contributed by atoms with Gasteiger partial charge in [-0.1, -0.05) is 26.0 Å². The molecule has 192 valence electrons. The highest BCUT2D eigenvalue weighted by atomic mass is 16.6. The zero-order valence-electron chi connectivity index (χ0n) is 20.0. The van der Waals surface area contributed by atoms with E-state index in [-0.39, 0.29) is 24.5 Å². The highest BCUT2D eigenvalue weighted by Crippen LogP contribution is 2.13. The van der Waals surface area contributed by atoms with Gasteiger partial charge in [-0.15, -0.1) is 0 Å². The number of rotatable bonds is 10. The van der Waals surface area contributed by atoms with E-state index in [9.17, 15) is 34.2 Å². The van der Waals surface area contributed by atoms with Crippen molar-refractivity contribution in [2.75, 3.05) is 0 Å². The Morgan fingerprint density at radius 2 is 1.63 bits per heavy atom. The van der Waals surface area contributed by atoms with Crippen LogP contribution in [0.15, 0.2) is 24.3 Å². The summed E-state index contributed by atoms with van der Waals surface area (Å²) in [5, 5.41) is 29.2. The standard InChI is InChI=1S/C23H32N4O8/c1-11(2)19(22(33)24-12(3)20(31)26-17-10-18(30)35-23(17)34)27-21(32)16(25-13(4)28)9-14-5-7-15(29)8-6-14/h5-8,11-12,16-17,19,23,29,34H,9-10H2,1-4H3,(H,24,33)(H,25,28)(H,26,31)(H,27,32)/t12-,16-,17-,19-,23?/m0/s1. The van der Waals surface area contributed by atoms with E-state index in [2.05, 4.69) is 26.0 Å². The molecule has 0 radical (unpaired) electrons. The number of hydrogen-bond acceptors (Lipinski definition) is 8. The number of ether oxygens (including phenoxy) is 1. The average molecular weight is 493 g/mol. The fourth-order valence-electron chi connectivity index (χ4n) is 3.46. The first-order valence-electron chi connectivity index (χ1n) is 11.2. The van der Waals surface area contributed by atoms with Gasteiger partial charge in [0, 0.05) is 13.3 Å². The molecule has 6 N–H and O–H groups in total. The number of nitrogens with one attached hydrogen (secondary N) is 4. The summed E-state index contributed by atoms with van der Waals surface area (Å²) in [6, 6.07) is 2.20. The monoisotopic (exact) mass is 492 g/mol. The zero-order chi connectivity index (χ0) is 26.3.